The molecule has 2 heterocycles. The van der Waals surface area contributed by atoms with Crippen LogP contribution in [0.5, 0.6) is 5.75 Å². The number of rotatable bonds is 6. The van der Waals surface area contributed by atoms with Crippen LogP contribution in [0.15, 0.2) is 48.5 Å². The highest BCUT2D eigenvalue weighted by Gasteiger charge is 2.34. The van der Waals surface area contributed by atoms with E-state index in [-0.39, 0.29) is 24.4 Å². The average Bonchev–Trinajstić information content (AvgIpc) is 2.84. The Hall–Kier alpha value is -3.02. The van der Waals surface area contributed by atoms with E-state index in [1.165, 1.54) is 12.0 Å². The average molecular weight is 436 g/mol. The zero-order valence-corrected chi connectivity index (χ0v) is 19.0. The number of para-hydroxylation sites is 2. The summed E-state index contributed by atoms with van der Waals surface area (Å²) in [5, 5.41) is 3.10. The number of likely N-dealkylation sites (tertiary alicyclic amines) is 1. The molecule has 2 unspecified atom stereocenters. The van der Waals surface area contributed by atoms with Crippen molar-refractivity contribution >= 4 is 17.5 Å². The van der Waals surface area contributed by atoms with Crippen molar-refractivity contribution in [2.24, 2.45) is 0 Å². The first-order valence-electron chi connectivity index (χ1n) is 11.7. The lowest BCUT2D eigenvalue weighted by atomic mass is 10.0. The molecule has 6 heteroatoms. The van der Waals surface area contributed by atoms with Gasteiger partial charge in [-0.15, -0.1) is 0 Å². The van der Waals surface area contributed by atoms with Gasteiger partial charge in [-0.2, -0.15) is 0 Å². The molecular formula is C26H33N3O3. The Balaban J connectivity index is 1.43. The maximum absolute atomic E-state index is 13.1. The Bertz CT molecular complexity index is 938. The van der Waals surface area contributed by atoms with Crippen molar-refractivity contribution < 1.29 is 14.3 Å². The molecule has 2 atom stereocenters. The molecule has 2 amide bonds. The second-order valence-electron chi connectivity index (χ2n) is 8.73. The van der Waals surface area contributed by atoms with Crippen LogP contribution in [0.3, 0.4) is 0 Å². The van der Waals surface area contributed by atoms with Crippen LogP contribution in [-0.4, -0.2) is 49.0 Å². The predicted octanol–water partition coefficient (Wildman–Crippen LogP) is 3.71. The minimum atomic E-state index is -0.588. The van der Waals surface area contributed by atoms with Gasteiger partial charge in [0.25, 0.3) is 5.91 Å². The van der Waals surface area contributed by atoms with E-state index >= 15 is 0 Å². The smallest absolute Gasteiger partial charge is 0.265 e. The molecule has 1 saturated heterocycles. The Morgan fingerprint density at radius 1 is 1.06 bits per heavy atom. The Kier molecular flexibility index (Phi) is 6.98. The fraction of sp³-hybridized carbons (Fsp3) is 0.462. The van der Waals surface area contributed by atoms with Crippen LogP contribution in [0.1, 0.15) is 50.3 Å². The van der Waals surface area contributed by atoms with Crippen LogP contribution in [0.4, 0.5) is 5.69 Å². The van der Waals surface area contributed by atoms with Crippen LogP contribution in [-0.2, 0) is 16.0 Å². The van der Waals surface area contributed by atoms with Gasteiger partial charge in [0.2, 0.25) is 5.91 Å². The van der Waals surface area contributed by atoms with Gasteiger partial charge < -0.3 is 19.9 Å². The van der Waals surface area contributed by atoms with Gasteiger partial charge in [0, 0.05) is 13.1 Å². The highest BCUT2D eigenvalue weighted by atomic mass is 16.5. The minimum Gasteiger partial charge on any atom is -0.477 e. The van der Waals surface area contributed by atoms with Gasteiger partial charge >= 0.3 is 0 Å². The van der Waals surface area contributed by atoms with Crippen LogP contribution in [0.25, 0.3) is 0 Å². The van der Waals surface area contributed by atoms with E-state index in [1.807, 2.05) is 41.0 Å². The lowest BCUT2D eigenvalue weighted by molar-refractivity contribution is -0.139. The van der Waals surface area contributed by atoms with Gasteiger partial charge in [-0.3, -0.25) is 9.59 Å². The summed E-state index contributed by atoms with van der Waals surface area (Å²) in [6.45, 7) is 6.25. The summed E-state index contributed by atoms with van der Waals surface area (Å²) in [6.07, 6.45) is 3.66. The molecule has 0 spiro atoms. The van der Waals surface area contributed by atoms with Gasteiger partial charge in [-0.05, 0) is 55.9 Å². The van der Waals surface area contributed by atoms with Crippen LogP contribution >= 0.6 is 0 Å². The molecule has 2 aliphatic heterocycles. The minimum absolute atomic E-state index is 0.0222. The second kappa shape index (κ2) is 10.1. The fourth-order valence-corrected chi connectivity index (χ4v) is 4.49. The monoisotopic (exact) mass is 435 g/mol. The summed E-state index contributed by atoms with van der Waals surface area (Å²) >= 11 is 0. The van der Waals surface area contributed by atoms with E-state index in [9.17, 15) is 9.59 Å². The van der Waals surface area contributed by atoms with Gasteiger partial charge in [0.1, 0.15) is 5.75 Å². The zero-order chi connectivity index (χ0) is 22.5. The quantitative estimate of drug-likeness (QED) is 0.752. The number of nitrogens with one attached hydrogen (secondary N) is 1. The van der Waals surface area contributed by atoms with E-state index in [2.05, 4.69) is 36.5 Å². The lowest BCUT2D eigenvalue weighted by Gasteiger charge is -2.38. The van der Waals surface area contributed by atoms with Crippen molar-refractivity contribution in [2.75, 3.05) is 31.1 Å². The van der Waals surface area contributed by atoms with Crippen molar-refractivity contribution in [3.8, 4) is 5.75 Å². The number of nitrogens with zero attached hydrogens (tertiary/aromatic N) is 2. The molecule has 4 rings (SSSR count). The lowest BCUT2D eigenvalue weighted by Crippen LogP contribution is -2.53. The first-order chi connectivity index (χ1) is 15.5. The maximum Gasteiger partial charge on any atom is 0.265 e. The molecule has 2 aliphatic rings. The highest BCUT2D eigenvalue weighted by Crippen LogP contribution is 2.33. The van der Waals surface area contributed by atoms with Crippen LogP contribution in [0.2, 0.25) is 0 Å². The number of piperidine rings is 1. The molecule has 0 saturated carbocycles. The standard InChI is InChI=1S/C26H33N3O3/c1-3-20-11-13-21(14-12-20)19(2)27-25(30)18-29-17-24(26(31)28-15-7-4-8-16-28)32-23-10-6-5-9-22(23)29/h5-6,9-14,19,24H,3-4,7-8,15-18H2,1-2H3,(H,27,30). The third-order valence-electron chi connectivity index (χ3n) is 6.40. The van der Waals surface area contributed by atoms with E-state index in [0.29, 0.717) is 12.3 Å². The molecule has 6 nitrogen and oxygen atoms in total. The Morgan fingerprint density at radius 3 is 2.50 bits per heavy atom. The summed E-state index contributed by atoms with van der Waals surface area (Å²) in [4.78, 5) is 29.9. The summed E-state index contributed by atoms with van der Waals surface area (Å²) < 4.78 is 6.07. The number of anilines is 1. The molecule has 170 valence electrons. The molecule has 1 N–H and O–H groups in total. The summed E-state index contributed by atoms with van der Waals surface area (Å²) in [7, 11) is 0. The summed E-state index contributed by atoms with van der Waals surface area (Å²) in [6, 6.07) is 15.9. The number of fused-ring (bicyclic) bond motifs is 1. The number of hydrogen-bond acceptors (Lipinski definition) is 4. The number of carbonyl (C=O) groups is 2. The molecular weight excluding hydrogens is 402 g/mol. The fourth-order valence-electron chi connectivity index (χ4n) is 4.49. The predicted molar refractivity (Wildman–Crippen MR) is 126 cm³/mol. The molecule has 0 aliphatic carbocycles. The molecule has 2 aromatic rings. The number of amides is 2. The first-order valence-corrected chi connectivity index (χ1v) is 11.7. The van der Waals surface area contributed by atoms with Crippen molar-refractivity contribution in [1.82, 2.24) is 10.2 Å². The van der Waals surface area contributed by atoms with Gasteiger partial charge in [0.15, 0.2) is 6.10 Å². The van der Waals surface area contributed by atoms with Crippen molar-refractivity contribution in [3.05, 3.63) is 59.7 Å². The van der Waals surface area contributed by atoms with Crippen molar-refractivity contribution in [2.45, 2.75) is 51.7 Å². The zero-order valence-electron chi connectivity index (χ0n) is 19.0. The Morgan fingerprint density at radius 2 is 1.78 bits per heavy atom. The second-order valence-corrected chi connectivity index (χ2v) is 8.73. The van der Waals surface area contributed by atoms with E-state index in [1.54, 1.807) is 0 Å². The van der Waals surface area contributed by atoms with E-state index < -0.39 is 6.10 Å². The Labute approximate surface area is 190 Å². The van der Waals surface area contributed by atoms with Gasteiger partial charge in [-0.1, -0.05) is 43.3 Å². The molecule has 2 aromatic carbocycles. The number of carbonyl (C=O) groups excluding carboxylic acids is 2. The van der Waals surface area contributed by atoms with Crippen molar-refractivity contribution in [1.29, 1.82) is 0 Å². The normalized spacial score (nSPS) is 19.0. The molecule has 1 fully saturated rings. The third kappa shape index (κ3) is 5.06. The SMILES string of the molecule is CCc1ccc(C(C)NC(=O)CN2CC(C(=O)N3CCCCC3)Oc3ccccc32)cc1. The molecule has 0 aromatic heterocycles. The highest BCUT2D eigenvalue weighted by molar-refractivity contribution is 5.86. The van der Waals surface area contributed by atoms with Crippen LogP contribution in [0, 0.1) is 0 Å². The van der Waals surface area contributed by atoms with Crippen molar-refractivity contribution in [3.63, 3.8) is 0 Å². The van der Waals surface area contributed by atoms with E-state index in [4.69, 9.17) is 4.74 Å². The number of benzene rings is 2. The van der Waals surface area contributed by atoms with Gasteiger partial charge in [0.05, 0.1) is 24.8 Å². The largest absolute Gasteiger partial charge is 0.477 e. The number of hydrogen-bond donors (Lipinski definition) is 1. The molecule has 0 radical (unpaired) electrons. The summed E-state index contributed by atoms with van der Waals surface area (Å²) in [5.74, 6) is 0.608. The number of aryl methyl sites for hydroxylation is 1. The first kappa shape index (κ1) is 22.2. The van der Waals surface area contributed by atoms with Gasteiger partial charge in [-0.25, -0.2) is 0 Å². The summed E-state index contributed by atoms with van der Waals surface area (Å²) in [5.41, 5.74) is 3.21. The van der Waals surface area contributed by atoms with E-state index in [0.717, 1.165) is 43.6 Å². The number of ether oxygens (including phenoxy) is 1. The topological polar surface area (TPSA) is 61.9 Å². The molecule has 0 bridgehead atoms. The van der Waals surface area contributed by atoms with Crippen LogP contribution < -0.4 is 15.0 Å². The molecule has 32 heavy (non-hydrogen) atoms. The third-order valence-corrected chi connectivity index (χ3v) is 6.40. The maximum atomic E-state index is 13.1.